The molecule has 0 unspecified atom stereocenters. The van der Waals surface area contributed by atoms with Crippen LogP contribution >= 0.6 is 15.9 Å². The van der Waals surface area contributed by atoms with Crippen molar-refractivity contribution >= 4 is 21.8 Å². The zero-order chi connectivity index (χ0) is 13.7. The van der Waals surface area contributed by atoms with Crippen molar-refractivity contribution in [2.75, 3.05) is 26.4 Å². The summed E-state index contributed by atoms with van der Waals surface area (Å²) in [6, 6.07) is 5.72. The highest BCUT2D eigenvalue weighted by molar-refractivity contribution is 9.10. The quantitative estimate of drug-likeness (QED) is 0.902. The first-order valence-corrected chi connectivity index (χ1v) is 7.18. The molecule has 1 saturated heterocycles. The van der Waals surface area contributed by atoms with Crippen LogP contribution in [0.1, 0.15) is 12.0 Å². The van der Waals surface area contributed by atoms with Gasteiger partial charge in [0.25, 0.3) is 5.91 Å². The van der Waals surface area contributed by atoms with Crippen LogP contribution in [-0.4, -0.2) is 32.3 Å². The minimum absolute atomic E-state index is 0.0516. The number of aryl methyl sites for hydroxylation is 1. The molecule has 1 aromatic carbocycles. The molecule has 0 saturated carbocycles. The Morgan fingerprint density at radius 3 is 3.11 bits per heavy atom. The first kappa shape index (κ1) is 14.3. The summed E-state index contributed by atoms with van der Waals surface area (Å²) < 4.78 is 11.8. The molecule has 1 aliphatic heterocycles. The van der Waals surface area contributed by atoms with Gasteiger partial charge in [-0.3, -0.25) is 4.79 Å². The van der Waals surface area contributed by atoms with Crippen molar-refractivity contribution in [3.8, 4) is 5.75 Å². The highest BCUT2D eigenvalue weighted by atomic mass is 79.9. The van der Waals surface area contributed by atoms with Gasteiger partial charge in [0.15, 0.2) is 6.61 Å². The number of hydrogen-bond acceptors (Lipinski definition) is 3. The second kappa shape index (κ2) is 6.91. The molecule has 5 heteroatoms. The van der Waals surface area contributed by atoms with Gasteiger partial charge in [0.2, 0.25) is 0 Å². The topological polar surface area (TPSA) is 47.6 Å². The monoisotopic (exact) mass is 327 g/mol. The van der Waals surface area contributed by atoms with Gasteiger partial charge in [0.05, 0.1) is 6.61 Å². The lowest BCUT2D eigenvalue weighted by molar-refractivity contribution is -0.123. The summed E-state index contributed by atoms with van der Waals surface area (Å²) in [5.41, 5.74) is 1.01. The predicted molar refractivity (Wildman–Crippen MR) is 76.3 cm³/mol. The summed E-state index contributed by atoms with van der Waals surface area (Å²) in [5, 5.41) is 2.87. The Hall–Kier alpha value is -1.07. The fourth-order valence-corrected chi connectivity index (χ4v) is 2.45. The molecule has 0 aromatic heterocycles. The summed E-state index contributed by atoms with van der Waals surface area (Å²) in [6.45, 7) is 4.22. The molecule has 0 bridgehead atoms. The van der Waals surface area contributed by atoms with Crippen molar-refractivity contribution in [2.45, 2.75) is 13.3 Å². The summed E-state index contributed by atoms with van der Waals surface area (Å²) in [6.07, 6.45) is 1.02. The Morgan fingerprint density at radius 2 is 2.42 bits per heavy atom. The number of benzene rings is 1. The maximum absolute atomic E-state index is 11.7. The van der Waals surface area contributed by atoms with Crippen molar-refractivity contribution in [3.63, 3.8) is 0 Å². The number of ether oxygens (including phenoxy) is 2. The average Bonchev–Trinajstić information content (AvgIpc) is 2.88. The van der Waals surface area contributed by atoms with E-state index in [0.717, 1.165) is 35.4 Å². The van der Waals surface area contributed by atoms with Gasteiger partial charge in [0, 0.05) is 23.5 Å². The molecule has 1 heterocycles. The number of hydrogen-bond donors (Lipinski definition) is 1. The molecular weight excluding hydrogens is 310 g/mol. The van der Waals surface area contributed by atoms with Crippen LogP contribution in [0.15, 0.2) is 22.7 Å². The largest absolute Gasteiger partial charge is 0.484 e. The molecule has 4 nitrogen and oxygen atoms in total. The van der Waals surface area contributed by atoms with E-state index < -0.39 is 0 Å². The number of rotatable bonds is 5. The van der Waals surface area contributed by atoms with E-state index in [0.29, 0.717) is 12.5 Å². The molecule has 1 aliphatic rings. The van der Waals surface area contributed by atoms with Crippen LogP contribution in [0.4, 0.5) is 0 Å². The van der Waals surface area contributed by atoms with E-state index in [2.05, 4.69) is 21.2 Å². The Morgan fingerprint density at radius 1 is 1.58 bits per heavy atom. The Balaban J connectivity index is 1.73. The number of amides is 1. The third kappa shape index (κ3) is 4.51. The standard InChI is InChI=1S/C14H18BrNO3/c1-10-6-12(15)2-3-13(10)19-9-14(17)16-7-11-4-5-18-8-11/h2-3,6,11H,4-5,7-9H2,1H3,(H,16,17)/t11-/m1/s1. The van der Waals surface area contributed by atoms with Gasteiger partial charge in [0.1, 0.15) is 5.75 Å². The van der Waals surface area contributed by atoms with Crippen molar-refractivity contribution in [1.82, 2.24) is 5.32 Å². The normalized spacial score (nSPS) is 18.3. The lowest BCUT2D eigenvalue weighted by atomic mass is 10.1. The van der Waals surface area contributed by atoms with E-state index in [1.165, 1.54) is 0 Å². The van der Waals surface area contributed by atoms with Gasteiger partial charge in [-0.25, -0.2) is 0 Å². The van der Waals surface area contributed by atoms with Crippen molar-refractivity contribution in [2.24, 2.45) is 5.92 Å². The van der Waals surface area contributed by atoms with Crippen LogP contribution in [0.3, 0.4) is 0 Å². The maximum Gasteiger partial charge on any atom is 0.257 e. The maximum atomic E-state index is 11.7. The van der Waals surface area contributed by atoms with E-state index >= 15 is 0 Å². The highest BCUT2D eigenvalue weighted by Crippen LogP contribution is 2.21. The second-order valence-electron chi connectivity index (χ2n) is 4.73. The second-order valence-corrected chi connectivity index (χ2v) is 5.65. The Kier molecular flexibility index (Phi) is 5.22. The van der Waals surface area contributed by atoms with Crippen LogP contribution in [0.2, 0.25) is 0 Å². The minimum Gasteiger partial charge on any atom is -0.484 e. The Labute approximate surface area is 121 Å². The van der Waals surface area contributed by atoms with Crippen molar-refractivity contribution < 1.29 is 14.3 Å². The lowest BCUT2D eigenvalue weighted by Gasteiger charge is -2.11. The zero-order valence-electron chi connectivity index (χ0n) is 10.9. The van der Waals surface area contributed by atoms with E-state index in [4.69, 9.17) is 9.47 Å². The summed E-state index contributed by atoms with van der Waals surface area (Å²) >= 11 is 3.39. The molecule has 2 rings (SSSR count). The molecule has 1 aromatic rings. The third-order valence-electron chi connectivity index (χ3n) is 3.11. The molecular formula is C14H18BrNO3. The van der Waals surface area contributed by atoms with Gasteiger partial charge >= 0.3 is 0 Å². The number of halogens is 1. The molecule has 1 atom stereocenters. The van der Waals surface area contributed by atoms with Gasteiger partial charge in [-0.15, -0.1) is 0 Å². The third-order valence-corrected chi connectivity index (χ3v) is 3.60. The SMILES string of the molecule is Cc1cc(Br)ccc1OCC(=O)NC[C@H]1CCOC1. The molecule has 0 radical (unpaired) electrons. The van der Waals surface area contributed by atoms with Gasteiger partial charge in [-0.05, 0) is 37.1 Å². The fraction of sp³-hybridized carbons (Fsp3) is 0.500. The summed E-state index contributed by atoms with van der Waals surface area (Å²) in [4.78, 5) is 11.7. The molecule has 1 amide bonds. The highest BCUT2D eigenvalue weighted by Gasteiger charge is 2.16. The molecule has 1 N–H and O–H groups in total. The fourth-order valence-electron chi connectivity index (χ4n) is 1.97. The van der Waals surface area contributed by atoms with Crippen LogP contribution < -0.4 is 10.1 Å². The molecule has 104 valence electrons. The van der Waals surface area contributed by atoms with Crippen LogP contribution in [0.25, 0.3) is 0 Å². The number of nitrogens with one attached hydrogen (secondary N) is 1. The van der Waals surface area contributed by atoms with Gasteiger partial charge in [-0.1, -0.05) is 15.9 Å². The predicted octanol–water partition coefficient (Wildman–Crippen LogP) is 2.29. The van der Waals surface area contributed by atoms with E-state index in [1.807, 2.05) is 25.1 Å². The van der Waals surface area contributed by atoms with Crippen molar-refractivity contribution in [3.05, 3.63) is 28.2 Å². The summed E-state index contributed by atoms with van der Waals surface area (Å²) in [7, 11) is 0. The average molecular weight is 328 g/mol. The molecule has 1 fully saturated rings. The van der Waals surface area contributed by atoms with E-state index in [1.54, 1.807) is 0 Å². The van der Waals surface area contributed by atoms with E-state index in [-0.39, 0.29) is 12.5 Å². The van der Waals surface area contributed by atoms with Crippen LogP contribution in [0, 0.1) is 12.8 Å². The molecule has 0 spiro atoms. The first-order valence-electron chi connectivity index (χ1n) is 6.38. The molecule has 19 heavy (non-hydrogen) atoms. The zero-order valence-corrected chi connectivity index (χ0v) is 12.5. The van der Waals surface area contributed by atoms with Gasteiger partial charge < -0.3 is 14.8 Å². The minimum atomic E-state index is -0.0887. The smallest absolute Gasteiger partial charge is 0.257 e. The lowest BCUT2D eigenvalue weighted by Crippen LogP contribution is -2.33. The molecule has 0 aliphatic carbocycles. The Bertz CT molecular complexity index is 444. The van der Waals surface area contributed by atoms with Crippen molar-refractivity contribution in [1.29, 1.82) is 0 Å². The number of carbonyl (C=O) groups excluding carboxylic acids is 1. The van der Waals surface area contributed by atoms with Crippen LogP contribution in [-0.2, 0) is 9.53 Å². The van der Waals surface area contributed by atoms with Gasteiger partial charge in [-0.2, -0.15) is 0 Å². The first-order chi connectivity index (χ1) is 9.15. The van der Waals surface area contributed by atoms with Crippen LogP contribution in [0.5, 0.6) is 5.75 Å². The number of carbonyl (C=O) groups is 1. The van der Waals surface area contributed by atoms with E-state index in [9.17, 15) is 4.79 Å². The summed E-state index contributed by atoms with van der Waals surface area (Å²) in [5.74, 6) is 1.09.